The van der Waals surface area contributed by atoms with Crippen molar-refractivity contribution < 1.29 is 4.79 Å². The maximum absolute atomic E-state index is 12.1. The smallest absolute Gasteiger partial charge is 0.178 e. The van der Waals surface area contributed by atoms with Gasteiger partial charge in [0.25, 0.3) is 0 Å². The van der Waals surface area contributed by atoms with Gasteiger partial charge >= 0.3 is 0 Å². The fourth-order valence-electron chi connectivity index (χ4n) is 2.50. The number of rotatable bonds is 7. The molecule has 0 spiro atoms. The second-order valence-corrected chi connectivity index (χ2v) is 5.41. The molecule has 0 fully saturated rings. The Morgan fingerprint density at radius 2 is 2.00 bits per heavy atom. The third-order valence-corrected chi connectivity index (χ3v) is 3.84. The number of carbonyl (C=O) groups excluding carboxylic acids is 1. The molecule has 0 saturated carbocycles. The Bertz CT molecular complexity index is 286. The van der Waals surface area contributed by atoms with Crippen LogP contribution in [0, 0.1) is 0 Å². The highest BCUT2D eigenvalue weighted by molar-refractivity contribution is 9.09. The van der Waals surface area contributed by atoms with Crippen LogP contribution in [0.5, 0.6) is 0 Å². The van der Waals surface area contributed by atoms with Crippen molar-refractivity contribution in [2.45, 2.75) is 52.4 Å². The highest BCUT2D eigenvalue weighted by atomic mass is 79.9. The van der Waals surface area contributed by atoms with Gasteiger partial charge in [0, 0.05) is 24.8 Å². The molecule has 0 heterocycles. The molecule has 17 heavy (non-hydrogen) atoms. The summed E-state index contributed by atoms with van der Waals surface area (Å²) in [5.41, 5.74) is 2.44. The van der Waals surface area contributed by atoms with E-state index in [1.807, 2.05) is 0 Å². The van der Waals surface area contributed by atoms with Crippen LogP contribution in [0.3, 0.4) is 0 Å². The van der Waals surface area contributed by atoms with Crippen LogP contribution in [0.15, 0.2) is 11.3 Å². The SMILES string of the molecule is CCCN(CCCBr)C1=C(CC)CCCC1=O. The van der Waals surface area contributed by atoms with E-state index < -0.39 is 0 Å². The molecule has 1 aliphatic carbocycles. The molecule has 0 aromatic rings. The largest absolute Gasteiger partial charge is 0.369 e. The topological polar surface area (TPSA) is 20.3 Å². The summed E-state index contributed by atoms with van der Waals surface area (Å²) in [5.74, 6) is 0.371. The van der Waals surface area contributed by atoms with Crippen molar-refractivity contribution in [1.29, 1.82) is 0 Å². The molecule has 0 unspecified atom stereocenters. The number of alkyl halides is 1. The van der Waals surface area contributed by atoms with E-state index in [-0.39, 0.29) is 0 Å². The van der Waals surface area contributed by atoms with Crippen molar-refractivity contribution in [1.82, 2.24) is 4.90 Å². The number of hydrogen-bond donors (Lipinski definition) is 0. The molecule has 0 amide bonds. The zero-order valence-electron chi connectivity index (χ0n) is 11.1. The molecule has 2 nitrogen and oxygen atoms in total. The molecule has 0 radical (unpaired) electrons. The van der Waals surface area contributed by atoms with Crippen molar-refractivity contribution in [3.05, 3.63) is 11.3 Å². The van der Waals surface area contributed by atoms with Gasteiger partial charge in [0.05, 0.1) is 5.70 Å². The van der Waals surface area contributed by atoms with Gasteiger partial charge in [0.2, 0.25) is 0 Å². The van der Waals surface area contributed by atoms with Crippen LogP contribution < -0.4 is 0 Å². The van der Waals surface area contributed by atoms with Gasteiger partial charge in [-0.25, -0.2) is 0 Å². The van der Waals surface area contributed by atoms with Gasteiger partial charge in [-0.15, -0.1) is 0 Å². The first-order chi connectivity index (χ1) is 8.24. The number of halogens is 1. The zero-order chi connectivity index (χ0) is 12.7. The maximum Gasteiger partial charge on any atom is 0.178 e. The molecule has 3 heteroatoms. The first-order valence-electron chi connectivity index (χ1n) is 6.80. The third-order valence-electron chi connectivity index (χ3n) is 3.28. The van der Waals surface area contributed by atoms with Crippen LogP contribution in [0.25, 0.3) is 0 Å². The zero-order valence-corrected chi connectivity index (χ0v) is 12.7. The van der Waals surface area contributed by atoms with Gasteiger partial charge in [0.1, 0.15) is 0 Å². The van der Waals surface area contributed by atoms with Crippen molar-refractivity contribution in [2.24, 2.45) is 0 Å². The normalized spacial score (nSPS) is 16.5. The molecule has 0 bridgehead atoms. The highest BCUT2D eigenvalue weighted by Crippen LogP contribution is 2.27. The van der Waals surface area contributed by atoms with Crippen molar-refractivity contribution in [3.8, 4) is 0 Å². The Hall–Kier alpha value is -0.310. The summed E-state index contributed by atoms with van der Waals surface area (Å²) >= 11 is 3.47. The minimum Gasteiger partial charge on any atom is -0.369 e. The Balaban J connectivity index is 2.86. The molecular weight excluding hydrogens is 278 g/mol. The molecule has 0 aromatic carbocycles. The van der Waals surface area contributed by atoms with Gasteiger partial charge in [-0.3, -0.25) is 4.79 Å². The third kappa shape index (κ3) is 4.13. The molecule has 98 valence electrons. The number of allylic oxidation sites excluding steroid dienone is 2. The second kappa shape index (κ2) is 7.91. The van der Waals surface area contributed by atoms with Gasteiger partial charge in [-0.1, -0.05) is 29.8 Å². The monoisotopic (exact) mass is 301 g/mol. The lowest BCUT2D eigenvalue weighted by Gasteiger charge is -2.31. The van der Waals surface area contributed by atoms with E-state index >= 15 is 0 Å². The number of ketones is 1. The van der Waals surface area contributed by atoms with E-state index in [2.05, 4.69) is 34.7 Å². The average Bonchev–Trinajstić information content (AvgIpc) is 2.34. The summed E-state index contributed by atoms with van der Waals surface area (Å²) in [6, 6.07) is 0. The van der Waals surface area contributed by atoms with Crippen LogP contribution in [0.1, 0.15) is 52.4 Å². The van der Waals surface area contributed by atoms with E-state index in [9.17, 15) is 4.79 Å². The van der Waals surface area contributed by atoms with Gasteiger partial charge in [-0.05, 0) is 37.7 Å². The van der Waals surface area contributed by atoms with Crippen LogP contribution in [0.4, 0.5) is 0 Å². The van der Waals surface area contributed by atoms with E-state index in [0.29, 0.717) is 5.78 Å². The molecular formula is C14H24BrNO. The molecule has 0 aliphatic heterocycles. The molecule has 0 aromatic heterocycles. The Morgan fingerprint density at radius 3 is 2.59 bits per heavy atom. The predicted octanol–water partition coefficient (Wildman–Crippen LogP) is 3.90. The summed E-state index contributed by atoms with van der Waals surface area (Å²) in [6.45, 7) is 6.37. The van der Waals surface area contributed by atoms with Crippen LogP contribution >= 0.6 is 15.9 Å². The van der Waals surface area contributed by atoms with Gasteiger partial charge in [0.15, 0.2) is 5.78 Å². The minimum absolute atomic E-state index is 0.371. The van der Waals surface area contributed by atoms with Crippen LogP contribution in [-0.4, -0.2) is 29.1 Å². The number of nitrogens with zero attached hydrogens (tertiary/aromatic N) is 1. The van der Waals surface area contributed by atoms with E-state index in [1.54, 1.807) is 0 Å². The standard InChI is InChI=1S/C14H24BrNO/c1-3-10-16(11-6-9-15)14-12(4-2)7-5-8-13(14)17/h3-11H2,1-2H3. The number of carbonyl (C=O) groups is 1. The quantitative estimate of drug-likeness (QED) is 0.665. The van der Waals surface area contributed by atoms with E-state index in [1.165, 1.54) is 5.57 Å². The average molecular weight is 302 g/mol. The van der Waals surface area contributed by atoms with Crippen molar-refractivity contribution in [2.75, 3.05) is 18.4 Å². The predicted molar refractivity (Wildman–Crippen MR) is 76.5 cm³/mol. The highest BCUT2D eigenvalue weighted by Gasteiger charge is 2.23. The second-order valence-electron chi connectivity index (χ2n) is 4.61. The van der Waals surface area contributed by atoms with Gasteiger partial charge in [-0.2, -0.15) is 0 Å². The van der Waals surface area contributed by atoms with Crippen LogP contribution in [-0.2, 0) is 4.79 Å². The molecule has 1 rings (SSSR count). The Kier molecular flexibility index (Phi) is 6.86. The molecule has 0 atom stereocenters. The lowest BCUT2D eigenvalue weighted by molar-refractivity contribution is -0.117. The first-order valence-corrected chi connectivity index (χ1v) is 7.92. The molecule has 0 N–H and O–H groups in total. The summed E-state index contributed by atoms with van der Waals surface area (Å²) in [4.78, 5) is 14.5. The van der Waals surface area contributed by atoms with Crippen LogP contribution in [0.2, 0.25) is 0 Å². The summed E-state index contributed by atoms with van der Waals surface area (Å²) in [6.07, 6.45) is 6.14. The fraction of sp³-hybridized carbons (Fsp3) is 0.786. The first kappa shape index (κ1) is 14.7. The maximum atomic E-state index is 12.1. The van der Waals surface area contributed by atoms with Crippen molar-refractivity contribution in [3.63, 3.8) is 0 Å². The lowest BCUT2D eigenvalue weighted by atomic mass is 9.92. The fourth-order valence-corrected chi connectivity index (χ4v) is 2.75. The summed E-state index contributed by atoms with van der Waals surface area (Å²) < 4.78 is 0. The van der Waals surface area contributed by atoms with Gasteiger partial charge < -0.3 is 4.90 Å². The Labute approximate surface area is 114 Å². The number of hydrogen-bond acceptors (Lipinski definition) is 2. The van der Waals surface area contributed by atoms with E-state index in [0.717, 1.165) is 62.6 Å². The van der Waals surface area contributed by atoms with Crippen molar-refractivity contribution >= 4 is 21.7 Å². The molecule has 0 saturated heterocycles. The van der Waals surface area contributed by atoms with E-state index in [4.69, 9.17) is 0 Å². The number of Topliss-reactive ketones (excluding diaryl/α,β-unsaturated/α-hetero) is 1. The summed E-state index contributed by atoms with van der Waals surface area (Å²) in [7, 11) is 0. The lowest BCUT2D eigenvalue weighted by Crippen LogP contribution is -2.32. The minimum atomic E-state index is 0.371. The Morgan fingerprint density at radius 1 is 1.24 bits per heavy atom. The summed E-state index contributed by atoms with van der Waals surface area (Å²) in [5, 5.41) is 1.01. The molecule has 1 aliphatic rings.